The van der Waals surface area contributed by atoms with Gasteiger partial charge in [-0.25, -0.2) is 0 Å². The maximum absolute atomic E-state index is 9.77. The average molecular weight is 249 g/mol. The van der Waals surface area contributed by atoms with E-state index in [4.69, 9.17) is 4.74 Å². The molecule has 2 atom stereocenters. The highest BCUT2D eigenvalue weighted by Crippen LogP contribution is 2.25. The van der Waals surface area contributed by atoms with Crippen LogP contribution in [0, 0.1) is 12.8 Å². The Morgan fingerprint density at radius 3 is 2.89 bits per heavy atom. The van der Waals surface area contributed by atoms with Crippen molar-refractivity contribution < 1.29 is 9.84 Å². The Morgan fingerprint density at radius 2 is 2.22 bits per heavy atom. The van der Waals surface area contributed by atoms with Gasteiger partial charge in [-0.05, 0) is 31.7 Å². The third kappa shape index (κ3) is 3.24. The molecule has 0 aliphatic heterocycles. The summed E-state index contributed by atoms with van der Waals surface area (Å²) in [5, 5.41) is 13.2. The zero-order valence-corrected chi connectivity index (χ0v) is 11.3. The third-order valence-corrected chi connectivity index (χ3v) is 3.78. The number of benzene rings is 1. The normalized spacial score (nSPS) is 23.3. The first-order valence-corrected chi connectivity index (χ1v) is 6.73. The van der Waals surface area contributed by atoms with Gasteiger partial charge in [0.1, 0.15) is 5.75 Å². The van der Waals surface area contributed by atoms with Gasteiger partial charge < -0.3 is 15.2 Å². The number of hydrogen-bond acceptors (Lipinski definition) is 3. The van der Waals surface area contributed by atoms with Gasteiger partial charge in [-0.1, -0.05) is 24.1 Å². The number of nitrogens with one attached hydrogen (secondary N) is 1. The van der Waals surface area contributed by atoms with Crippen molar-refractivity contribution in [3.63, 3.8) is 0 Å². The van der Waals surface area contributed by atoms with Gasteiger partial charge in [-0.2, -0.15) is 0 Å². The van der Waals surface area contributed by atoms with Crippen LogP contribution in [0.2, 0.25) is 0 Å². The fraction of sp³-hybridized carbons (Fsp3) is 0.600. The van der Waals surface area contributed by atoms with E-state index in [0.29, 0.717) is 5.92 Å². The summed E-state index contributed by atoms with van der Waals surface area (Å²) in [5.41, 5.74) is 2.43. The van der Waals surface area contributed by atoms with Crippen molar-refractivity contribution in [3.8, 4) is 5.75 Å². The van der Waals surface area contributed by atoms with E-state index in [0.717, 1.165) is 38.1 Å². The topological polar surface area (TPSA) is 41.5 Å². The molecule has 0 saturated heterocycles. The summed E-state index contributed by atoms with van der Waals surface area (Å²) < 4.78 is 5.35. The molecule has 2 unspecified atom stereocenters. The molecule has 0 heterocycles. The summed E-state index contributed by atoms with van der Waals surface area (Å²) in [6.07, 6.45) is 3.14. The quantitative estimate of drug-likeness (QED) is 0.841. The molecule has 1 aliphatic rings. The molecular weight excluding hydrogens is 226 g/mol. The molecule has 0 radical (unpaired) electrons. The minimum Gasteiger partial charge on any atom is -0.496 e. The monoisotopic (exact) mass is 249 g/mol. The van der Waals surface area contributed by atoms with Crippen molar-refractivity contribution in [2.24, 2.45) is 5.92 Å². The summed E-state index contributed by atoms with van der Waals surface area (Å²) in [5.74, 6) is 1.35. The van der Waals surface area contributed by atoms with Crippen LogP contribution < -0.4 is 10.1 Å². The van der Waals surface area contributed by atoms with E-state index in [1.807, 2.05) is 6.07 Å². The first-order valence-electron chi connectivity index (χ1n) is 6.73. The van der Waals surface area contributed by atoms with E-state index in [1.54, 1.807) is 7.11 Å². The largest absolute Gasteiger partial charge is 0.496 e. The van der Waals surface area contributed by atoms with Crippen LogP contribution in [-0.2, 0) is 6.54 Å². The van der Waals surface area contributed by atoms with E-state index in [1.165, 1.54) is 11.1 Å². The Labute approximate surface area is 109 Å². The minimum absolute atomic E-state index is 0.114. The number of aryl methyl sites for hydroxylation is 1. The van der Waals surface area contributed by atoms with Gasteiger partial charge in [0.2, 0.25) is 0 Å². The van der Waals surface area contributed by atoms with E-state index in [-0.39, 0.29) is 6.10 Å². The summed E-state index contributed by atoms with van der Waals surface area (Å²) in [6.45, 7) is 3.77. The summed E-state index contributed by atoms with van der Waals surface area (Å²) in [4.78, 5) is 0. The zero-order chi connectivity index (χ0) is 13.0. The third-order valence-electron chi connectivity index (χ3n) is 3.78. The molecule has 1 aromatic carbocycles. The minimum atomic E-state index is -0.114. The maximum Gasteiger partial charge on any atom is 0.123 e. The van der Waals surface area contributed by atoms with Crippen molar-refractivity contribution in [3.05, 3.63) is 29.3 Å². The fourth-order valence-corrected chi connectivity index (χ4v) is 2.69. The van der Waals surface area contributed by atoms with Crippen LogP contribution in [0.5, 0.6) is 5.75 Å². The van der Waals surface area contributed by atoms with Crippen LogP contribution in [0.15, 0.2) is 18.2 Å². The molecule has 0 amide bonds. The summed E-state index contributed by atoms with van der Waals surface area (Å²) in [7, 11) is 1.70. The van der Waals surface area contributed by atoms with Crippen molar-refractivity contribution >= 4 is 0 Å². The highest BCUT2D eigenvalue weighted by atomic mass is 16.5. The second-order valence-electron chi connectivity index (χ2n) is 5.20. The summed E-state index contributed by atoms with van der Waals surface area (Å²) in [6, 6.07) is 6.22. The Kier molecular flexibility index (Phi) is 4.61. The van der Waals surface area contributed by atoms with Crippen LogP contribution in [0.3, 0.4) is 0 Å². The van der Waals surface area contributed by atoms with Crippen LogP contribution in [0.4, 0.5) is 0 Å². The molecule has 0 bridgehead atoms. The van der Waals surface area contributed by atoms with Crippen molar-refractivity contribution in [1.29, 1.82) is 0 Å². The molecule has 1 aliphatic carbocycles. The molecule has 0 aromatic heterocycles. The van der Waals surface area contributed by atoms with Crippen LogP contribution in [-0.4, -0.2) is 24.9 Å². The molecular formula is C15H23NO2. The number of aliphatic hydroxyl groups excluding tert-OH is 1. The van der Waals surface area contributed by atoms with Gasteiger partial charge in [-0.15, -0.1) is 0 Å². The van der Waals surface area contributed by atoms with Crippen molar-refractivity contribution in [2.75, 3.05) is 13.7 Å². The molecule has 3 heteroatoms. The molecule has 1 fully saturated rings. The number of hydrogen-bond donors (Lipinski definition) is 2. The van der Waals surface area contributed by atoms with Gasteiger partial charge in [0.15, 0.2) is 0 Å². The van der Waals surface area contributed by atoms with Gasteiger partial charge in [0, 0.05) is 18.7 Å². The second-order valence-corrected chi connectivity index (χ2v) is 5.20. The number of aliphatic hydroxyl groups is 1. The predicted octanol–water partition coefficient (Wildman–Crippen LogP) is 2.25. The van der Waals surface area contributed by atoms with Gasteiger partial charge >= 0.3 is 0 Å². The molecule has 18 heavy (non-hydrogen) atoms. The Hall–Kier alpha value is -1.06. The highest BCUT2D eigenvalue weighted by molar-refractivity contribution is 5.36. The molecule has 1 saturated carbocycles. The lowest BCUT2D eigenvalue weighted by Crippen LogP contribution is -2.27. The van der Waals surface area contributed by atoms with E-state index in [9.17, 15) is 5.11 Å². The lowest BCUT2D eigenvalue weighted by atomic mass is 10.1. The maximum atomic E-state index is 9.77. The number of methoxy groups -OCH3 is 1. The molecule has 0 spiro atoms. The molecule has 2 N–H and O–H groups in total. The van der Waals surface area contributed by atoms with E-state index >= 15 is 0 Å². The van der Waals surface area contributed by atoms with Crippen LogP contribution >= 0.6 is 0 Å². The zero-order valence-electron chi connectivity index (χ0n) is 11.3. The molecule has 2 rings (SSSR count). The van der Waals surface area contributed by atoms with Crippen LogP contribution in [0.1, 0.15) is 30.4 Å². The first kappa shape index (κ1) is 13.4. The molecule has 3 nitrogen and oxygen atoms in total. The van der Waals surface area contributed by atoms with Gasteiger partial charge in [-0.3, -0.25) is 0 Å². The van der Waals surface area contributed by atoms with Crippen LogP contribution in [0.25, 0.3) is 0 Å². The molecule has 100 valence electrons. The summed E-state index contributed by atoms with van der Waals surface area (Å²) >= 11 is 0. The average Bonchev–Trinajstić information content (AvgIpc) is 2.76. The van der Waals surface area contributed by atoms with Gasteiger partial charge in [0.05, 0.1) is 13.2 Å². The second kappa shape index (κ2) is 6.21. The lowest BCUT2D eigenvalue weighted by molar-refractivity contribution is 0.131. The first-order chi connectivity index (χ1) is 8.70. The van der Waals surface area contributed by atoms with E-state index in [2.05, 4.69) is 24.4 Å². The Bertz CT molecular complexity index is 392. The van der Waals surface area contributed by atoms with Crippen molar-refractivity contribution in [2.45, 2.75) is 38.8 Å². The smallest absolute Gasteiger partial charge is 0.123 e. The Morgan fingerprint density at radius 1 is 1.39 bits per heavy atom. The number of rotatable bonds is 5. The standard InChI is InChI=1S/C15H23NO2/c1-11-6-7-15(18-2)13(8-11)10-16-9-12-4-3-5-14(12)17/h6-8,12,14,16-17H,3-5,9-10H2,1-2H3. The predicted molar refractivity (Wildman–Crippen MR) is 72.8 cm³/mol. The van der Waals surface area contributed by atoms with E-state index < -0.39 is 0 Å². The lowest BCUT2D eigenvalue weighted by Gasteiger charge is -2.16. The molecule has 1 aromatic rings. The SMILES string of the molecule is COc1ccc(C)cc1CNCC1CCCC1O. The van der Waals surface area contributed by atoms with Gasteiger partial charge in [0.25, 0.3) is 0 Å². The highest BCUT2D eigenvalue weighted by Gasteiger charge is 2.24. The fourth-order valence-electron chi connectivity index (χ4n) is 2.69. The number of ether oxygens (including phenoxy) is 1. The Balaban J connectivity index is 1.87. The van der Waals surface area contributed by atoms with Crippen molar-refractivity contribution in [1.82, 2.24) is 5.32 Å².